The SMILES string of the molecule is COC(=O)c1cc(F)c(OC2CCCC2)cc1Br. The maximum Gasteiger partial charge on any atom is 0.339 e. The molecule has 1 aliphatic carbocycles. The molecule has 98 valence electrons. The molecule has 0 aromatic heterocycles. The summed E-state index contributed by atoms with van der Waals surface area (Å²) in [6, 6.07) is 2.63. The van der Waals surface area contributed by atoms with Gasteiger partial charge >= 0.3 is 5.97 Å². The minimum absolute atomic E-state index is 0.0791. The fourth-order valence-corrected chi connectivity index (χ4v) is 2.56. The Morgan fingerprint density at radius 1 is 1.39 bits per heavy atom. The van der Waals surface area contributed by atoms with Crippen molar-refractivity contribution in [2.75, 3.05) is 7.11 Å². The summed E-state index contributed by atoms with van der Waals surface area (Å²) in [5.74, 6) is -0.930. The van der Waals surface area contributed by atoms with E-state index in [1.807, 2.05) is 0 Å². The number of hydrogen-bond donors (Lipinski definition) is 0. The maximum atomic E-state index is 13.8. The summed E-state index contributed by atoms with van der Waals surface area (Å²) in [6.45, 7) is 0. The molecule has 0 aliphatic heterocycles. The highest BCUT2D eigenvalue weighted by Crippen LogP contribution is 2.30. The lowest BCUT2D eigenvalue weighted by Crippen LogP contribution is -2.12. The first-order valence-electron chi connectivity index (χ1n) is 5.86. The molecular formula is C13H14BrFO3. The van der Waals surface area contributed by atoms with Crippen LogP contribution in [0.5, 0.6) is 5.75 Å². The van der Waals surface area contributed by atoms with Gasteiger partial charge in [-0.3, -0.25) is 0 Å². The molecule has 1 aromatic rings. The number of halogens is 2. The lowest BCUT2D eigenvalue weighted by atomic mass is 10.2. The monoisotopic (exact) mass is 316 g/mol. The van der Waals surface area contributed by atoms with Crippen molar-refractivity contribution in [3.63, 3.8) is 0 Å². The van der Waals surface area contributed by atoms with E-state index in [4.69, 9.17) is 4.74 Å². The molecule has 1 saturated carbocycles. The van der Waals surface area contributed by atoms with Crippen LogP contribution in [-0.2, 0) is 4.74 Å². The first kappa shape index (κ1) is 13.3. The number of methoxy groups -OCH3 is 1. The Kier molecular flexibility index (Phi) is 4.22. The third kappa shape index (κ3) is 2.83. The van der Waals surface area contributed by atoms with E-state index in [9.17, 15) is 9.18 Å². The average Bonchev–Trinajstić information content (AvgIpc) is 2.85. The first-order valence-corrected chi connectivity index (χ1v) is 6.65. The molecule has 1 fully saturated rings. The third-order valence-electron chi connectivity index (χ3n) is 3.02. The Hall–Kier alpha value is -1.10. The van der Waals surface area contributed by atoms with Gasteiger partial charge in [-0.05, 0) is 53.7 Å². The van der Waals surface area contributed by atoms with Gasteiger partial charge in [-0.2, -0.15) is 0 Å². The second-order valence-electron chi connectivity index (χ2n) is 4.28. The van der Waals surface area contributed by atoms with E-state index in [-0.39, 0.29) is 17.4 Å². The number of carbonyl (C=O) groups is 1. The molecule has 0 saturated heterocycles. The quantitative estimate of drug-likeness (QED) is 0.798. The highest BCUT2D eigenvalue weighted by Gasteiger charge is 2.20. The van der Waals surface area contributed by atoms with Crippen LogP contribution in [0.25, 0.3) is 0 Å². The van der Waals surface area contributed by atoms with Crippen LogP contribution in [0.3, 0.4) is 0 Å². The zero-order valence-electron chi connectivity index (χ0n) is 10.0. The average molecular weight is 317 g/mol. The van der Waals surface area contributed by atoms with Gasteiger partial charge in [0, 0.05) is 4.47 Å². The molecule has 0 unspecified atom stereocenters. The molecular weight excluding hydrogens is 303 g/mol. The van der Waals surface area contributed by atoms with Gasteiger partial charge in [0.2, 0.25) is 0 Å². The Balaban J connectivity index is 2.22. The van der Waals surface area contributed by atoms with Crippen molar-refractivity contribution in [3.05, 3.63) is 28.0 Å². The van der Waals surface area contributed by atoms with Crippen LogP contribution in [0.2, 0.25) is 0 Å². The van der Waals surface area contributed by atoms with Crippen LogP contribution in [-0.4, -0.2) is 19.2 Å². The van der Waals surface area contributed by atoms with E-state index >= 15 is 0 Å². The van der Waals surface area contributed by atoms with Gasteiger partial charge in [0.1, 0.15) is 0 Å². The molecule has 2 rings (SSSR count). The van der Waals surface area contributed by atoms with Crippen LogP contribution in [0, 0.1) is 5.82 Å². The van der Waals surface area contributed by atoms with Crippen molar-refractivity contribution in [1.82, 2.24) is 0 Å². The van der Waals surface area contributed by atoms with Crippen LogP contribution < -0.4 is 4.74 Å². The third-order valence-corrected chi connectivity index (χ3v) is 3.68. The molecule has 1 aromatic carbocycles. The van der Waals surface area contributed by atoms with Gasteiger partial charge < -0.3 is 9.47 Å². The summed E-state index contributed by atoms with van der Waals surface area (Å²) >= 11 is 3.22. The van der Waals surface area contributed by atoms with E-state index in [1.54, 1.807) is 0 Å². The second-order valence-corrected chi connectivity index (χ2v) is 5.13. The number of hydrogen-bond acceptors (Lipinski definition) is 3. The number of ether oxygens (including phenoxy) is 2. The van der Waals surface area contributed by atoms with Crippen LogP contribution in [0.15, 0.2) is 16.6 Å². The Labute approximate surface area is 113 Å². The molecule has 1 aliphatic rings. The lowest BCUT2D eigenvalue weighted by Gasteiger charge is -2.14. The number of rotatable bonds is 3. The molecule has 0 N–H and O–H groups in total. The minimum atomic E-state index is -0.576. The molecule has 3 nitrogen and oxygen atoms in total. The molecule has 0 radical (unpaired) electrons. The van der Waals surface area contributed by atoms with Gasteiger partial charge in [0.25, 0.3) is 0 Å². The maximum absolute atomic E-state index is 13.8. The van der Waals surface area contributed by atoms with Gasteiger partial charge in [-0.15, -0.1) is 0 Å². The Morgan fingerprint density at radius 2 is 2.06 bits per heavy atom. The normalized spacial score (nSPS) is 15.7. The van der Waals surface area contributed by atoms with Crippen LogP contribution >= 0.6 is 15.9 Å². The topological polar surface area (TPSA) is 35.5 Å². The van der Waals surface area contributed by atoms with Crippen molar-refractivity contribution in [2.24, 2.45) is 0 Å². The van der Waals surface area contributed by atoms with Crippen molar-refractivity contribution >= 4 is 21.9 Å². The molecule has 0 amide bonds. The summed E-state index contributed by atoms with van der Waals surface area (Å²) in [5.41, 5.74) is 0.161. The largest absolute Gasteiger partial charge is 0.487 e. The van der Waals surface area contributed by atoms with Crippen molar-refractivity contribution < 1.29 is 18.7 Å². The van der Waals surface area contributed by atoms with E-state index in [0.29, 0.717) is 4.47 Å². The zero-order chi connectivity index (χ0) is 13.1. The van der Waals surface area contributed by atoms with Crippen LogP contribution in [0.1, 0.15) is 36.0 Å². The molecule has 0 bridgehead atoms. The van der Waals surface area contributed by atoms with Crippen LogP contribution in [0.4, 0.5) is 4.39 Å². The molecule has 18 heavy (non-hydrogen) atoms. The fourth-order valence-electron chi connectivity index (χ4n) is 2.07. The molecule has 0 heterocycles. The summed E-state index contributed by atoms with van der Waals surface area (Å²) < 4.78 is 24.5. The van der Waals surface area contributed by atoms with E-state index in [2.05, 4.69) is 20.7 Å². The van der Waals surface area contributed by atoms with E-state index in [0.717, 1.165) is 31.7 Å². The highest BCUT2D eigenvalue weighted by molar-refractivity contribution is 9.10. The van der Waals surface area contributed by atoms with Gasteiger partial charge in [0.15, 0.2) is 11.6 Å². The van der Waals surface area contributed by atoms with Crippen molar-refractivity contribution in [1.29, 1.82) is 0 Å². The number of benzene rings is 1. The number of carbonyl (C=O) groups excluding carboxylic acids is 1. The lowest BCUT2D eigenvalue weighted by molar-refractivity contribution is 0.0599. The second kappa shape index (κ2) is 5.69. The zero-order valence-corrected chi connectivity index (χ0v) is 11.6. The highest BCUT2D eigenvalue weighted by atomic mass is 79.9. The summed E-state index contributed by atoms with van der Waals surface area (Å²) in [6.07, 6.45) is 4.22. The first-order chi connectivity index (χ1) is 8.61. The molecule has 5 heteroatoms. The van der Waals surface area contributed by atoms with E-state index in [1.165, 1.54) is 13.2 Å². The summed E-state index contributed by atoms with van der Waals surface area (Å²) in [5, 5.41) is 0. The predicted octanol–water partition coefficient (Wildman–Crippen LogP) is 3.70. The Bertz CT molecular complexity index is 456. The fraction of sp³-hybridized carbons (Fsp3) is 0.462. The minimum Gasteiger partial charge on any atom is -0.487 e. The van der Waals surface area contributed by atoms with E-state index < -0.39 is 11.8 Å². The van der Waals surface area contributed by atoms with Gasteiger partial charge in [0.05, 0.1) is 18.8 Å². The summed E-state index contributed by atoms with van der Waals surface area (Å²) in [4.78, 5) is 11.4. The Morgan fingerprint density at radius 3 is 2.67 bits per heavy atom. The van der Waals surface area contributed by atoms with Gasteiger partial charge in [-0.25, -0.2) is 9.18 Å². The smallest absolute Gasteiger partial charge is 0.339 e. The molecule has 0 atom stereocenters. The molecule has 0 spiro atoms. The predicted molar refractivity (Wildman–Crippen MR) is 68.3 cm³/mol. The number of esters is 1. The van der Waals surface area contributed by atoms with Crippen molar-refractivity contribution in [2.45, 2.75) is 31.8 Å². The standard InChI is InChI=1S/C13H14BrFO3/c1-17-13(16)9-6-11(15)12(7-10(9)14)18-8-4-2-3-5-8/h6-8H,2-5H2,1H3. The summed E-state index contributed by atoms with van der Waals surface area (Å²) in [7, 11) is 1.26. The van der Waals surface area contributed by atoms with Gasteiger partial charge in [-0.1, -0.05) is 0 Å². The van der Waals surface area contributed by atoms with Crippen molar-refractivity contribution in [3.8, 4) is 5.75 Å².